The quantitative estimate of drug-likeness (QED) is 0.762. The molecule has 0 radical (unpaired) electrons. The highest BCUT2D eigenvalue weighted by molar-refractivity contribution is 5.67. The highest BCUT2D eigenvalue weighted by Crippen LogP contribution is 2.23. The summed E-state index contributed by atoms with van der Waals surface area (Å²) in [4.78, 5) is 11.4. The van der Waals surface area contributed by atoms with E-state index in [4.69, 9.17) is 4.74 Å². The van der Waals surface area contributed by atoms with E-state index in [1.807, 2.05) is 20.8 Å². The Morgan fingerprint density at radius 3 is 2.56 bits per heavy atom. The van der Waals surface area contributed by atoms with Gasteiger partial charge in [0.05, 0.1) is 6.10 Å². The number of hydrogen-bond acceptors (Lipinski definition) is 3. The van der Waals surface area contributed by atoms with Crippen molar-refractivity contribution in [1.29, 1.82) is 0 Å². The van der Waals surface area contributed by atoms with Gasteiger partial charge in [0.25, 0.3) is 0 Å². The Bertz CT molecular complexity index is 235. The topological polar surface area (TPSA) is 58.6 Å². The maximum Gasteiger partial charge on any atom is 0.407 e. The molecule has 1 saturated carbocycles. The van der Waals surface area contributed by atoms with Gasteiger partial charge >= 0.3 is 6.09 Å². The van der Waals surface area contributed by atoms with E-state index in [1.165, 1.54) is 0 Å². The molecule has 0 aromatic rings. The van der Waals surface area contributed by atoms with Crippen molar-refractivity contribution in [3.63, 3.8) is 0 Å². The molecule has 1 aliphatic rings. The van der Waals surface area contributed by atoms with Crippen molar-refractivity contribution in [2.45, 2.75) is 58.2 Å². The fourth-order valence-electron chi connectivity index (χ4n) is 1.95. The summed E-state index contributed by atoms with van der Waals surface area (Å²) in [6.45, 7) is 6.02. The predicted octanol–water partition coefficient (Wildman–Crippen LogP) is 2.06. The minimum atomic E-state index is -0.463. The molecule has 0 saturated heterocycles. The Morgan fingerprint density at radius 1 is 1.38 bits per heavy atom. The maximum atomic E-state index is 11.4. The molecule has 0 aromatic heterocycles. The molecule has 1 fully saturated rings. The van der Waals surface area contributed by atoms with Gasteiger partial charge in [-0.05, 0) is 33.6 Å². The normalized spacial score (nSPS) is 26.2. The molecule has 0 unspecified atom stereocenters. The Hall–Kier alpha value is -0.770. The van der Waals surface area contributed by atoms with Gasteiger partial charge in [0.2, 0.25) is 0 Å². The summed E-state index contributed by atoms with van der Waals surface area (Å²) in [6, 6.07) is 0. The second-order valence-electron chi connectivity index (χ2n) is 5.49. The second kappa shape index (κ2) is 5.53. The van der Waals surface area contributed by atoms with Crippen molar-refractivity contribution in [2.24, 2.45) is 5.92 Å². The van der Waals surface area contributed by atoms with Crippen LogP contribution in [0.2, 0.25) is 0 Å². The maximum absolute atomic E-state index is 11.4. The Kier molecular flexibility index (Phi) is 4.59. The molecule has 0 heterocycles. The Labute approximate surface area is 97.4 Å². The summed E-state index contributed by atoms with van der Waals surface area (Å²) in [5.74, 6) is 0.182. The molecular formula is C12H23NO3. The van der Waals surface area contributed by atoms with Crippen LogP contribution in [0.25, 0.3) is 0 Å². The van der Waals surface area contributed by atoms with E-state index >= 15 is 0 Å². The molecule has 0 aromatic carbocycles. The van der Waals surface area contributed by atoms with Crippen LogP contribution in [0.4, 0.5) is 4.79 Å². The zero-order chi connectivity index (χ0) is 12.2. The van der Waals surface area contributed by atoms with E-state index in [2.05, 4.69) is 5.32 Å². The summed E-state index contributed by atoms with van der Waals surface area (Å²) in [5.41, 5.74) is -0.463. The number of rotatable bonds is 2. The largest absolute Gasteiger partial charge is 0.444 e. The van der Waals surface area contributed by atoms with Crippen LogP contribution < -0.4 is 5.32 Å². The number of nitrogens with one attached hydrogen (secondary N) is 1. The fraction of sp³-hybridized carbons (Fsp3) is 0.917. The number of aliphatic hydroxyl groups excluding tert-OH is 1. The van der Waals surface area contributed by atoms with Crippen molar-refractivity contribution in [3.05, 3.63) is 0 Å². The van der Waals surface area contributed by atoms with Gasteiger partial charge in [0, 0.05) is 12.5 Å². The molecule has 2 atom stereocenters. The molecule has 2 N–H and O–H groups in total. The van der Waals surface area contributed by atoms with E-state index < -0.39 is 11.7 Å². The number of ether oxygens (including phenoxy) is 1. The van der Waals surface area contributed by atoms with Crippen LogP contribution in [0, 0.1) is 5.92 Å². The summed E-state index contributed by atoms with van der Waals surface area (Å²) in [7, 11) is 0. The Balaban J connectivity index is 2.25. The number of alkyl carbamates (subject to hydrolysis) is 1. The van der Waals surface area contributed by atoms with Crippen molar-refractivity contribution in [3.8, 4) is 0 Å². The lowest BCUT2D eigenvalue weighted by atomic mass is 9.86. The van der Waals surface area contributed by atoms with Crippen LogP contribution in [0.3, 0.4) is 0 Å². The molecule has 1 rings (SSSR count). The van der Waals surface area contributed by atoms with Crippen LogP contribution in [-0.4, -0.2) is 29.4 Å². The molecule has 4 heteroatoms. The van der Waals surface area contributed by atoms with Crippen molar-refractivity contribution in [1.82, 2.24) is 5.32 Å². The summed E-state index contributed by atoms with van der Waals surface area (Å²) < 4.78 is 5.13. The number of amides is 1. The molecule has 0 bridgehead atoms. The van der Waals surface area contributed by atoms with Crippen LogP contribution in [-0.2, 0) is 4.74 Å². The molecule has 0 spiro atoms. The van der Waals surface area contributed by atoms with Gasteiger partial charge in [0.1, 0.15) is 5.60 Å². The first-order valence-corrected chi connectivity index (χ1v) is 6.03. The van der Waals surface area contributed by atoms with E-state index in [0.29, 0.717) is 6.54 Å². The molecule has 1 amide bonds. The zero-order valence-electron chi connectivity index (χ0n) is 10.5. The molecule has 0 aliphatic heterocycles. The minimum absolute atomic E-state index is 0.182. The average molecular weight is 229 g/mol. The van der Waals surface area contributed by atoms with Crippen LogP contribution >= 0.6 is 0 Å². The van der Waals surface area contributed by atoms with E-state index in [9.17, 15) is 9.90 Å². The number of carbonyl (C=O) groups excluding carboxylic acids is 1. The lowest BCUT2D eigenvalue weighted by Gasteiger charge is -2.28. The molecular weight excluding hydrogens is 206 g/mol. The highest BCUT2D eigenvalue weighted by atomic mass is 16.6. The zero-order valence-corrected chi connectivity index (χ0v) is 10.5. The molecule has 16 heavy (non-hydrogen) atoms. The molecule has 4 nitrogen and oxygen atoms in total. The number of hydrogen-bond donors (Lipinski definition) is 2. The molecule has 94 valence electrons. The summed E-state index contributed by atoms with van der Waals surface area (Å²) in [6.07, 6.45) is 3.38. The SMILES string of the molecule is CC(C)(C)OC(=O)NC[C@@H]1CCCC[C@H]1O. The van der Waals surface area contributed by atoms with Crippen LogP contribution in [0.5, 0.6) is 0 Å². The highest BCUT2D eigenvalue weighted by Gasteiger charge is 2.24. The van der Waals surface area contributed by atoms with Gasteiger partial charge in [-0.2, -0.15) is 0 Å². The monoisotopic (exact) mass is 229 g/mol. The van der Waals surface area contributed by atoms with Crippen molar-refractivity contribution < 1.29 is 14.6 Å². The predicted molar refractivity (Wildman–Crippen MR) is 62.2 cm³/mol. The Morgan fingerprint density at radius 2 is 2.00 bits per heavy atom. The number of aliphatic hydroxyl groups is 1. The smallest absolute Gasteiger partial charge is 0.407 e. The lowest BCUT2D eigenvalue weighted by molar-refractivity contribution is 0.0434. The van der Waals surface area contributed by atoms with Gasteiger partial charge in [0.15, 0.2) is 0 Å². The second-order valence-corrected chi connectivity index (χ2v) is 5.49. The van der Waals surface area contributed by atoms with E-state index in [1.54, 1.807) is 0 Å². The van der Waals surface area contributed by atoms with Gasteiger partial charge in [-0.25, -0.2) is 4.79 Å². The first-order chi connectivity index (χ1) is 7.38. The van der Waals surface area contributed by atoms with Crippen molar-refractivity contribution in [2.75, 3.05) is 6.54 Å². The summed E-state index contributed by atoms with van der Waals surface area (Å²) in [5, 5.41) is 12.4. The van der Waals surface area contributed by atoms with Crippen LogP contribution in [0.15, 0.2) is 0 Å². The average Bonchev–Trinajstić information content (AvgIpc) is 2.14. The van der Waals surface area contributed by atoms with E-state index in [-0.39, 0.29) is 12.0 Å². The third-order valence-electron chi connectivity index (χ3n) is 2.78. The first-order valence-electron chi connectivity index (χ1n) is 6.03. The third-order valence-corrected chi connectivity index (χ3v) is 2.78. The van der Waals surface area contributed by atoms with Gasteiger partial charge in [-0.1, -0.05) is 12.8 Å². The summed E-state index contributed by atoms with van der Waals surface area (Å²) >= 11 is 0. The molecule has 1 aliphatic carbocycles. The van der Waals surface area contributed by atoms with Gasteiger partial charge < -0.3 is 15.2 Å². The minimum Gasteiger partial charge on any atom is -0.444 e. The van der Waals surface area contributed by atoms with Crippen LogP contribution in [0.1, 0.15) is 46.5 Å². The van der Waals surface area contributed by atoms with Gasteiger partial charge in [-0.15, -0.1) is 0 Å². The lowest BCUT2D eigenvalue weighted by Crippen LogP contribution is -2.39. The fourth-order valence-corrected chi connectivity index (χ4v) is 1.95. The first kappa shape index (κ1) is 13.3. The van der Waals surface area contributed by atoms with Crippen molar-refractivity contribution >= 4 is 6.09 Å². The third kappa shape index (κ3) is 4.84. The van der Waals surface area contributed by atoms with Gasteiger partial charge in [-0.3, -0.25) is 0 Å². The standard InChI is InChI=1S/C12H23NO3/c1-12(2,3)16-11(15)13-8-9-6-4-5-7-10(9)14/h9-10,14H,4-8H2,1-3H3,(H,13,15)/t9-,10+/m0/s1. The van der Waals surface area contributed by atoms with E-state index in [0.717, 1.165) is 25.7 Å². The number of carbonyl (C=O) groups is 1.